The minimum absolute atomic E-state index is 0.326. The Morgan fingerprint density at radius 3 is 2.84 bits per heavy atom. The first-order valence-corrected chi connectivity index (χ1v) is 8.21. The van der Waals surface area contributed by atoms with Gasteiger partial charge in [0.25, 0.3) is 0 Å². The van der Waals surface area contributed by atoms with E-state index in [9.17, 15) is 5.11 Å². The van der Waals surface area contributed by atoms with Gasteiger partial charge in [0, 0.05) is 18.8 Å². The summed E-state index contributed by atoms with van der Waals surface area (Å²) in [5.41, 5.74) is 8.16. The quantitative estimate of drug-likeness (QED) is 0.490. The molecule has 3 rings (SSSR count). The van der Waals surface area contributed by atoms with Gasteiger partial charge in [0.2, 0.25) is 5.95 Å². The fourth-order valence-corrected chi connectivity index (χ4v) is 2.35. The Morgan fingerprint density at radius 2 is 2.16 bits per heavy atom. The van der Waals surface area contributed by atoms with Crippen LogP contribution < -0.4 is 16.4 Å². The lowest BCUT2D eigenvalue weighted by Crippen LogP contribution is -2.17. The monoisotopic (exact) mass is 362 g/mol. The van der Waals surface area contributed by atoms with Crippen LogP contribution in [0, 0.1) is 0 Å². The maximum absolute atomic E-state index is 9.46. The molecule has 0 fully saturated rings. The summed E-state index contributed by atoms with van der Waals surface area (Å²) in [4.78, 5) is 8.86. The van der Waals surface area contributed by atoms with Crippen LogP contribution in [-0.2, 0) is 6.54 Å². The van der Waals surface area contributed by atoms with Gasteiger partial charge in [-0.05, 0) is 32.0 Å². The maximum atomic E-state index is 9.46. The third-order valence-electron chi connectivity index (χ3n) is 3.48. The van der Waals surface area contributed by atoms with Crippen LogP contribution in [0.1, 0.15) is 13.8 Å². The third-order valence-corrected chi connectivity index (χ3v) is 3.82. The number of nitrogens with one attached hydrogen (secondary N) is 2. The summed E-state index contributed by atoms with van der Waals surface area (Å²) >= 11 is 5.96. The Morgan fingerprint density at radius 1 is 1.36 bits per heavy atom. The van der Waals surface area contributed by atoms with Crippen molar-refractivity contribution in [1.82, 2.24) is 25.0 Å². The van der Waals surface area contributed by atoms with Crippen molar-refractivity contribution in [3.05, 3.63) is 23.2 Å². The molecular weight excluding hydrogens is 344 g/mol. The number of nitrogen functional groups attached to an aromatic ring is 1. The number of hydrogen-bond acceptors (Lipinski definition) is 8. The molecule has 9 nitrogen and oxygen atoms in total. The van der Waals surface area contributed by atoms with E-state index in [-0.39, 0.29) is 0 Å². The van der Waals surface area contributed by atoms with Gasteiger partial charge < -0.3 is 21.5 Å². The molecule has 25 heavy (non-hydrogen) atoms. The van der Waals surface area contributed by atoms with E-state index in [1.807, 2.05) is 6.92 Å². The van der Waals surface area contributed by atoms with E-state index in [0.717, 1.165) is 5.69 Å². The normalized spacial score (nSPS) is 12.3. The minimum Gasteiger partial charge on any atom is -0.397 e. The molecule has 5 N–H and O–H groups in total. The second kappa shape index (κ2) is 7.08. The molecule has 0 bridgehead atoms. The Bertz CT molecular complexity index is 895. The Labute approximate surface area is 149 Å². The molecule has 0 aliphatic carbocycles. The molecular formula is C15H19ClN8O. The fourth-order valence-electron chi connectivity index (χ4n) is 2.23. The number of benzene rings is 1. The number of nitrogens with zero attached hydrogens (tertiary/aromatic N) is 5. The summed E-state index contributed by atoms with van der Waals surface area (Å²) in [6.45, 7) is 4.58. The molecule has 132 valence electrons. The van der Waals surface area contributed by atoms with E-state index in [4.69, 9.17) is 17.3 Å². The van der Waals surface area contributed by atoms with Gasteiger partial charge in [-0.15, -0.1) is 5.10 Å². The second-order valence-corrected chi connectivity index (χ2v) is 5.97. The zero-order valence-corrected chi connectivity index (χ0v) is 14.6. The van der Waals surface area contributed by atoms with Crippen LogP contribution in [0.5, 0.6) is 0 Å². The van der Waals surface area contributed by atoms with Crippen molar-refractivity contribution in [3.63, 3.8) is 0 Å². The highest BCUT2D eigenvalue weighted by Gasteiger charge is 2.15. The molecule has 3 aromatic rings. The van der Waals surface area contributed by atoms with E-state index >= 15 is 0 Å². The van der Waals surface area contributed by atoms with Crippen molar-refractivity contribution >= 4 is 45.9 Å². The van der Waals surface area contributed by atoms with Crippen molar-refractivity contribution in [1.29, 1.82) is 0 Å². The lowest BCUT2D eigenvalue weighted by molar-refractivity contribution is 0.208. The fraction of sp³-hybridized carbons (Fsp3) is 0.333. The largest absolute Gasteiger partial charge is 0.397 e. The van der Waals surface area contributed by atoms with Gasteiger partial charge in [0.15, 0.2) is 17.0 Å². The van der Waals surface area contributed by atoms with Gasteiger partial charge in [-0.3, -0.25) is 0 Å². The molecule has 1 aromatic carbocycles. The highest BCUT2D eigenvalue weighted by molar-refractivity contribution is 6.33. The van der Waals surface area contributed by atoms with Crippen LogP contribution in [0.4, 0.5) is 23.1 Å². The van der Waals surface area contributed by atoms with Gasteiger partial charge in [0.05, 0.1) is 16.8 Å². The topological polar surface area (TPSA) is 127 Å². The third kappa shape index (κ3) is 3.72. The van der Waals surface area contributed by atoms with Crippen LogP contribution >= 0.6 is 11.6 Å². The molecule has 0 aliphatic rings. The Balaban J connectivity index is 2.02. The van der Waals surface area contributed by atoms with E-state index in [1.54, 1.807) is 29.8 Å². The zero-order valence-electron chi connectivity index (χ0n) is 13.9. The average Bonchev–Trinajstić information content (AvgIpc) is 2.99. The van der Waals surface area contributed by atoms with Crippen LogP contribution in [-0.4, -0.2) is 42.7 Å². The van der Waals surface area contributed by atoms with Crippen molar-refractivity contribution in [2.45, 2.75) is 26.5 Å². The van der Waals surface area contributed by atoms with E-state index in [2.05, 4.69) is 30.9 Å². The van der Waals surface area contributed by atoms with Crippen molar-refractivity contribution < 1.29 is 5.11 Å². The Kier molecular flexibility index (Phi) is 4.86. The minimum atomic E-state index is -0.527. The molecule has 0 saturated heterocycles. The molecule has 1 unspecified atom stereocenters. The first kappa shape index (κ1) is 17.2. The predicted octanol–water partition coefficient (Wildman–Crippen LogP) is 2.01. The number of aryl methyl sites for hydroxylation is 1. The van der Waals surface area contributed by atoms with Crippen LogP contribution in [0.3, 0.4) is 0 Å². The van der Waals surface area contributed by atoms with Crippen LogP contribution in [0.25, 0.3) is 11.2 Å². The lowest BCUT2D eigenvalue weighted by atomic mass is 10.3. The Hall–Kier alpha value is -2.65. The summed E-state index contributed by atoms with van der Waals surface area (Å²) in [6.07, 6.45) is -0.527. The summed E-state index contributed by atoms with van der Waals surface area (Å²) in [5.74, 6) is 0.856. The number of aliphatic hydroxyl groups excluding tert-OH is 1. The molecule has 0 radical (unpaired) electrons. The van der Waals surface area contributed by atoms with Gasteiger partial charge in [0.1, 0.15) is 0 Å². The number of hydrogen-bond donors (Lipinski definition) is 4. The molecule has 0 amide bonds. The number of nitrogens with two attached hydrogens (primary N) is 1. The van der Waals surface area contributed by atoms with Gasteiger partial charge in [-0.2, -0.15) is 9.97 Å². The van der Waals surface area contributed by atoms with Gasteiger partial charge >= 0.3 is 0 Å². The predicted molar refractivity (Wildman–Crippen MR) is 98.1 cm³/mol. The molecule has 0 aliphatic heterocycles. The van der Waals surface area contributed by atoms with Crippen LogP contribution in [0.15, 0.2) is 18.2 Å². The number of anilines is 4. The molecule has 2 aromatic heterocycles. The number of rotatable bonds is 6. The van der Waals surface area contributed by atoms with Crippen molar-refractivity contribution in [2.75, 3.05) is 22.9 Å². The summed E-state index contributed by atoms with van der Waals surface area (Å²) in [5, 5.41) is 24.3. The first-order valence-electron chi connectivity index (χ1n) is 7.83. The summed E-state index contributed by atoms with van der Waals surface area (Å²) in [7, 11) is 0. The molecule has 10 heteroatoms. The van der Waals surface area contributed by atoms with E-state index in [0.29, 0.717) is 46.7 Å². The number of aliphatic hydroxyl groups is 1. The average molecular weight is 363 g/mol. The number of halogens is 1. The molecule has 0 spiro atoms. The number of aromatic nitrogens is 5. The highest BCUT2D eigenvalue weighted by atomic mass is 35.5. The van der Waals surface area contributed by atoms with Gasteiger partial charge in [-0.25, -0.2) is 4.68 Å². The SMILES string of the molecule is CCn1nnc2c(Nc3ccc(Cl)c(N)c3)nc(NCC(C)O)nc21. The standard InChI is InChI=1S/C15H19ClN8O/c1-3-24-14-12(22-23-24)13(20-15(21-14)18-7-8(2)25)19-9-4-5-10(16)11(17)6-9/h4-6,8,25H,3,7,17H2,1-2H3,(H2,18,19,20,21). The molecule has 1 atom stereocenters. The van der Waals surface area contributed by atoms with Crippen molar-refractivity contribution in [3.8, 4) is 0 Å². The summed E-state index contributed by atoms with van der Waals surface area (Å²) in [6, 6.07) is 5.20. The zero-order chi connectivity index (χ0) is 18.0. The first-order chi connectivity index (χ1) is 12.0. The molecule has 2 heterocycles. The van der Waals surface area contributed by atoms with E-state index < -0.39 is 6.10 Å². The van der Waals surface area contributed by atoms with Gasteiger partial charge in [-0.1, -0.05) is 16.8 Å². The highest BCUT2D eigenvalue weighted by Crippen LogP contribution is 2.27. The van der Waals surface area contributed by atoms with E-state index in [1.165, 1.54) is 0 Å². The second-order valence-electron chi connectivity index (χ2n) is 5.56. The smallest absolute Gasteiger partial charge is 0.226 e. The van der Waals surface area contributed by atoms with Crippen molar-refractivity contribution in [2.24, 2.45) is 0 Å². The summed E-state index contributed by atoms with van der Waals surface area (Å²) < 4.78 is 1.67. The molecule has 0 saturated carbocycles. The maximum Gasteiger partial charge on any atom is 0.226 e. The van der Waals surface area contributed by atoms with Crippen LogP contribution in [0.2, 0.25) is 5.02 Å². The number of fused-ring (bicyclic) bond motifs is 1. The lowest BCUT2D eigenvalue weighted by Gasteiger charge is -2.11.